The van der Waals surface area contributed by atoms with Gasteiger partial charge in [-0.15, -0.1) is 0 Å². The molecule has 1 aliphatic heterocycles. The van der Waals surface area contributed by atoms with Crippen LogP contribution in [0.5, 0.6) is 0 Å². The Morgan fingerprint density at radius 3 is 3.07 bits per heavy atom. The van der Waals surface area contributed by atoms with Gasteiger partial charge in [0.1, 0.15) is 0 Å². The lowest BCUT2D eigenvalue weighted by molar-refractivity contribution is 0.155. The van der Waals surface area contributed by atoms with E-state index in [1.54, 1.807) is 5.57 Å². The van der Waals surface area contributed by atoms with Crippen molar-refractivity contribution in [3.63, 3.8) is 0 Å². The van der Waals surface area contributed by atoms with Crippen molar-refractivity contribution in [3.8, 4) is 0 Å². The normalized spacial score (nSPS) is 44.4. The maximum Gasteiger partial charge on any atom is 0.190 e. The molecule has 3 atom stereocenters. The molecular formula is C12H20OSi. The summed E-state index contributed by atoms with van der Waals surface area (Å²) in [6.45, 7) is 4.86. The number of hydrogen-bond acceptors (Lipinski definition) is 1. The van der Waals surface area contributed by atoms with Crippen LogP contribution in [0.25, 0.3) is 0 Å². The third-order valence-corrected chi connectivity index (χ3v) is 7.79. The van der Waals surface area contributed by atoms with Gasteiger partial charge in [-0.1, -0.05) is 11.6 Å². The van der Waals surface area contributed by atoms with Gasteiger partial charge in [-0.3, -0.25) is 0 Å². The van der Waals surface area contributed by atoms with Gasteiger partial charge >= 0.3 is 0 Å². The van der Waals surface area contributed by atoms with Crippen molar-refractivity contribution < 1.29 is 4.43 Å². The zero-order valence-corrected chi connectivity index (χ0v) is 10.3. The Morgan fingerprint density at radius 2 is 2.21 bits per heavy atom. The van der Waals surface area contributed by atoms with E-state index in [0.717, 1.165) is 11.5 Å². The van der Waals surface area contributed by atoms with Gasteiger partial charge in [0.05, 0.1) is 6.10 Å². The first-order chi connectivity index (χ1) is 6.68. The molecule has 2 aliphatic carbocycles. The summed E-state index contributed by atoms with van der Waals surface area (Å²) in [5.74, 6) is 0.846. The minimum atomic E-state index is -1.33. The van der Waals surface area contributed by atoms with Gasteiger partial charge in [-0.2, -0.15) is 0 Å². The molecular weight excluding hydrogens is 188 g/mol. The molecule has 2 heteroatoms. The largest absolute Gasteiger partial charge is 0.414 e. The van der Waals surface area contributed by atoms with Crippen LogP contribution >= 0.6 is 0 Å². The minimum absolute atomic E-state index is 0.613. The predicted octanol–water partition coefficient (Wildman–Crippen LogP) is 3.48. The molecule has 78 valence electrons. The number of allylic oxidation sites excluding steroid dienone is 1. The second-order valence-corrected chi connectivity index (χ2v) is 9.82. The van der Waals surface area contributed by atoms with Gasteiger partial charge in [-0.25, -0.2) is 0 Å². The molecule has 1 heterocycles. The predicted molar refractivity (Wildman–Crippen MR) is 60.8 cm³/mol. The summed E-state index contributed by atoms with van der Waals surface area (Å²) in [7, 11) is -1.33. The topological polar surface area (TPSA) is 9.23 Å². The number of hydrogen-bond donors (Lipinski definition) is 0. The summed E-state index contributed by atoms with van der Waals surface area (Å²) in [6.07, 6.45) is 9.92. The highest BCUT2D eigenvalue weighted by atomic mass is 28.4. The van der Waals surface area contributed by atoms with Gasteiger partial charge in [0.25, 0.3) is 0 Å². The van der Waals surface area contributed by atoms with Crippen LogP contribution in [-0.4, -0.2) is 14.4 Å². The van der Waals surface area contributed by atoms with Crippen molar-refractivity contribution in [1.29, 1.82) is 0 Å². The van der Waals surface area contributed by atoms with E-state index in [1.165, 1.54) is 32.1 Å². The Kier molecular flexibility index (Phi) is 1.93. The highest BCUT2D eigenvalue weighted by molar-refractivity contribution is 6.73. The minimum Gasteiger partial charge on any atom is -0.414 e. The van der Waals surface area contributed by atoms with Crippen molar-refractivity contribution >= 4 is 8.32 Å². The van der Waals surface area contributed by atoms with Gasteiger partial charge < -0.3 is 4.43 Å². The molecule has 14 heavy (non-hydrogen) atoms. The Balaban J connectivity index is 1.99. The van der Waals surface area contributed by atoms with E-state index >= 15 is 0 Å². The third kappa shape index (κ3) is 1.16. The summed E-state index contributed by atoms with van der Waals surface area (Å²) in [6, 6.07) is 0. The monoisotopic (exact) mass is 208 g/mol. The standard InChI is InChI=1S/C12H20OSi/c1-14(2)11-8-4-6-9-5-3-7-10(13-14)12(9)11/h6,10-12H,3-5,7-8H2,1-2H3/t10-,11-,12+/m1/s1. The number of rotatable bonds is 0. The summed E-state index contributed by atoms with van der Waals surface area (Å²) in [5, 5.41) is 0. The molecule has 0 N–H and O–H groups in total. The second kappa shape index (κ2) is 2.95. The summed E-state index contributed by atoms with van der Waals surface area (Å²) >= 11 is 0. The second-order valence-electron chi connectivity index (χ2n) is 5.64. The van der Waals surface area contributed by atoms with E-state index in [-0.39, 0.29) is 0 Å². The first kappa shape index (κ1) is 9.17. The van der Waals surface area contributed by atoms with Crippen molar-refractivity contribution in [3.05, 3.63) is 11.6 Å². The Bertz CT molecular complexity index is 282. The summed E-state index contributed by atoms with van der Waals surface area (Å²) < 4.78 is 6.36. The Hall–Kier alpha value is -0.0831. The van der Waals surface area contributed by atoms with Gasteiger partial charge in [0.2, 0.25) is 0 Å². The molecule has 0 aromatic heterocycles. The van der Waals surface area contributed by atoms with E-state index in [2.05, 4.69) is 19.2 Å². The molecule has 1 saturated carbocycles. The average Bonchev–Trinajstić information content (AvgIpc) is 2.41. The fourth-order valence-electron chi connectivity index (χ4n) is 3.87. The summed E-state index contributed by atoms with van der Waals surface area (Å²) in [4.78, 5) is 0. The zero-order valence-electron chi connectivity index (χ0n) is 9.25. The molecule has 0 radical (unpaired) electrons. The lowest BCUT2D eigenvalue weighted by Crippen LogP contribution is -2.32. The van der Waals surface area contributed by atoms with Gasteiger partial charge in [0, 0.05) is 5.92 Å². The molecule has 3 rings (SSSR count). The Labute approximate surface area is 87.7 Å². The Morgan fingerprint density at radius 1 is 1.36 bits per heavy atom. The van der Waals surface area contributed by atoms with E-state index in [0.29, 0.717) is 6.10 Å². The van der Waals surface area contributed by atoms with Crippen molar-refractivity contribution in [2.75, 3.05) is 0 Å². The van der Waals surface area contributed by atoms with E-state index in [9.17, 15) is 0 Å². The van der Waals surface area contributed by atoms with Crippen LogP contribution in [0.2, 0.25) is 18.6 Å². The molecule has 0 aromatic carbocycles. The smallest absolute Gasteiger partial charge is 0.190 e. The van der Waals surface area contributed by atoms with Gasteiger partial charge in [-0.05, 0) is 50.7 Å². The van der Waals surface area contributed by atoms with Crippen molar-refractivity contribution in [2.24, 2.45) is 5.92 Å². The van der Waals surface area contributed by atoms with E-state index in [1.807, 2.05) is 0 Å². The van der Waals surface area contributed by atoms with Crippen LogP contribution in [0, 0.1) is 5.92 Å². The molecule has 2 fully saturated rings. The molecule has 1 saturated heterocycles. The fraction of sp³-hybridized carbons (Fsp3) is 0.833. The molecule has 3 aliphatic rings. The fourth-order valence-corrected chi connectivity index (χ4v) is 7.24. The van der Waals surface area contributed by atoms with Crippen LogP contribution < -0.4 is 0 Å². The highest BCUT2D eigenvalue weighted by Gasteiger charge is 2.53. The van der Waals surface area contributed by atoms with Crippen LogP contribution in [-0.2, 0) is 4.43 Å². The van der Waals surface area contributed by atoms with E-state index < -0.39 is 8.32 Å². The highest BCUT2D eigenvalue weighted by Crippen LogP contribution is 2.54. The summed E-state index contributed by atoms with van der Waals surface area (Å²) in [5.41, 5.74) is 2.70. The molecule has 0 spiro atoms. The van der Waals surface area contributed by atoms with Crippen molar-refractivity contribution in [1.82, 2.24) is 0 Å². The SMILES string of the molecule is C[Si]1(C)O[C@@H]2CCCC3=CCC[C@@H]1[C@@H]32. The maximum absolute atomic E-state index is 6.36. The first-order valence-corrected chi connectivity index (χ1v) is 9.04. The van der Waals surface area contributed by atoms with Crippen molar-refractivity contribution in [2.45, 2.75) is 56.8 Å². The van der Waals surface area contributed by atoms with Crippen LogP contribution in [0.4, 0.5) is 0 Å². The average molecular weight is 208 g/mol. The molecule has 1 nitrogen and oxygen atoms in total. The molecule has 0 amide bonds. The quantitative estimate of drug-likeness (QED) is 0.437. The van der Waals surface area contributed by atoms with Crippen LogP contribution in [0.15, 0.2) is 11.6 Å². The zero-order chi connectivity index (χ0) is 9.76. The first-order valence-electron chi connectivity index (χ1n) is 6.05. The van der Waals surface area contributed by atoms with Gasteiger partial charge in [0.15, 0.2) is 8.32 Å². The van der Waals surface area contributed by atoms with Crippen LogP contribution in [0.1, 0.15) is 32.1 Å². The third-order valence-electron chi connectivity index (χ3n) is 4.45. The molecule has 0 unspecified atom stereocenters. The maximum atomic E-state index is 6.36. The van der Waals surface area contributed by atoms with Crippen LogP contribution in [0.3, 0.4) is 0 Å². The lowest BCUT2D eigenvalue weighted by Gasteiger charge is -2.34. The molecule has 0 bridgehead atoms. The van der Waals surface area contributed by atoms with E-state index in [4.69, 9.17) is 4.43 Å². The molecule has 0 aromatic rings. The lowest BCUT2D eigenvalue weighted by atomic mass is 9.75.